The molecule has 1 saturated carbocycles. The molecule has 0 radical (unpaired) electrons. The van der Waals surface area contributed by atoms with E-state index in [-0.39, 0.29) is 0 Å². The van der Waals surface area contributed by atoms with Gasteiger partial charge in [-0.3, -0.25) is 0 Å². The number of hydrogen-bond donors (Lipinski definition) is 0. The van der Waals surface area contributed by atoms with Crippen LogP contribution in [0, 0.1) is 6.92 Å². The van der Waals surface area contributed by atoms with Crippen LogP contribution in [0.2, 0.25) is 0 Å². The van der Waals surface area contributed by atoms with E-state index in [1.54, 1.807) is 0 Å². The number of thioether (sulfide) groups is 1. The Balaban J connectivity index is 1.77. The highest BCUT2D eigenvalue weighted by Crippen LogP contribution is 2.57. The molecule has 18 heavy (non-hydrogen) atoms. The molecule has 0 saturated heterocycles. The molecule has 0 amide bonds. The zero-order valence-electron chi connectivity index (χ0n) is 10.9. The van der Waals surface area contributed by atoms with Gasteiger partial charge >= 0.3 is 0 Å². The average molecular weight is 254 g/mol. The fraction of sp³-hybridized carbons (Fsp3) is 0.294. The van der Waals surface area contributed by atoms with Crippen LogP contribution < -0.4 is 0 Å². The molecule has 3 rings (SSSR count). The summed E-state index contributed by atoms with van der Waals surface area (Å²) in [5, 5.41) is 0.723. The smallest absolute Gasteiger partial charge is 0.0198 e. The van der Waals surface area contributed by atoms with Crippen LogP contribution in [0.15, 0.2) is 59.5 Å². The summed E-state index contributed by atoms with van der Waals surface area (Å²) in [6, 6.07) is 19.6. The third-order valence-corrected chi connectivity index (χ3v) is 5.64. The van der Waals surface area contributed by atoms with Gasteiger partial charge in [-0.05, 0) is 30.5 Å². The van der Waals surface area contributed by atoms with E-state index in [1.807, 2.05) is 11.8 Å². The summed E-state index contributed by atoms with van der Waals surface area (Å²) < 4.78 is 0. The van der Waals surface area contributed by atoms with E-state index in [9.17, 15) is 0 Å². The summed E-state index contributed by atoms with van der Waals surface area (Å²) in [6.07, 6.45) is 1.29. The van der Waals surface area contributed by atoms with E-state index in [2.05, 4.69) is 68.4 Å². The minimum absolute atomic E-state index is 0.369. The van der Waals surface area contributed by atoms with Crippen LogP contribution in [-0.2, 0) is 5.41 Å². The van der Waals surface area contributed by atoms with E-state index in [1.165, 1.54) is 22.4 Å². The molecule has 1 aliphatic rings. The first-order valence-electron chi connectivity index (χ1n) is 6.48. The molecule has 2 aromatic rings. The molecule has 0 heterocycles. The topological polar surface area (TPSA) is 0 Å². The maximum absolute atomic E-state index is 2.39. The van der Waals surface area contributed by atoms with Crippen LogP contribution >= 0.6 is 11.8 Å². The minimum Gasteiger partial charge on any atom is -0.122 e. The number of rotatable bonds is 3. The predicted octanol–water partition coefficient (Wildman–Crippen LogP) is 4.82. The van der Waals surface area contributed by atoms with Crippen LogP contribution in [0.25, 0.3) is 0 Å². The summed E-state index contributed by atoms with van der Waals surface area (Å²) in [5.74, 6) is 0. The second-order valence-electron chi connectivity index (χ2n) is 5.36. The Morgan fingerprint density at radius 1 is 1.00 bits per heavy atom. The molecule has 0 nitrogen and oxygen atoms in total. The normalized spacial score (nSPS) is 26.0. The van der Waals surface area contributed by atoms with Gasteiger partial charge in [0.1, 0.15) is 0 Å². The third-order valence-electron chi connectivity index (χ3n) is 3.96. The van der Waals surface area contributed by atoms with Crippen molar-refractivity contribution < 1.29 is 0 Å². The summed E-state index contributed by atoms with van der Waals surface area (Å²) in [5.41, 5.74) is 3.25. The van der Waals surface area contributed by atoms with E-state index < -0.39 is 0 Å². The van der Waals surface area contributed by atoms with Crippen molar-refractivity contribution in [3.05, 3.63) is 65.7 Å². The van der Waals surface area contributed by atoms with E-state index in [0.29, 0.717) is 5.41 Å². The minimum atomic E-state index is 0.369. The lowest BCUT2D eigenvalue weighted by Crippen LogP contribution is -2.04. The van der Waals surface area contributed by atoms with E-state index in [0.717, 1.165) is 5.25 Å². The molecular formula is C17H18S. The van der Waals surface area contributed by atoms with Gasteiger partial charge in [0.05, 0.1) is 0 Å². The van der Waals surface area contributed by atoms with Crippen molar-refractivity contribution in [2.75, 3.05) is 0 Å². The molecule has 1 heteroatoms. The highest BCUT2D eigenvalue weighted by Gasteiger charge is 2.51. The van der Waals surface area contributed by atoms with Gasteiger partial charge in [-0.1, -0.05) is 55.5 Å². The monoisotopic (exact) mass is 254 g/mol. The Morgan fingerprint density at radius 2 is 1.67 bits per heavy atom. The van der Waals surface area contributed by atoms with Crippen LogP contribution in [0.3, 0.4) is 0 Å². The van der Waals surface area contributed by atoms with Gasteiger partial charge in [0.2, 0.25) is 0 Å². The number of aryl methyl sites for hydroxylation is 1. The number of hydrogen-bond acceptors (Lipinski definition) is 1. The molecule has 0 spiro atoms. The Kier molecular flexibility index (Phi) is 2.95. The van der Waals surface area contributed by atoms with Gasteiger partial charge in [0, 0.05) is 15.6 Å². The van der Waals surface area contributed by atoms with E-state index >= 15 is 0 Å². The van der Waals surface area contributed by atoms with Crippen molar-refractivity contribution in [1.82, 2.24) is 0 Å². The Bertz CT molecular complexity index is 547. The largest absolute Gasteiger partial charge is 0.122 e. The molecule has 0 N–H and O–H groups in total. The zero-order valence-corrected chi connectivity index (χ0v) is 11.7. The van der Waals surface area contributed by atoms with Crippen molar-refractivity contribution in [2.24, 2.45) is 0 Å². The molecule has 2 atom stereocenters. The molecule has 2 aromatic carbocycles. The summed E-state index contributed by atoms with van der Waals surface area (Å²) in [7, 11) is 0. The fourth-order valence-corrected chi connectivity index (χ4v) is 4.01. The molecule has 0 unspecified atom stereocenters. The third kappa shape index (κ3) is 2.08. The molecule has 0 aromatic heterocycles. The Hall–Kier alpha value is -1.21. The second-order valence-corrected chi connectivity index (χ2v) is 6.60. The van der Waals surface area contributed by atoms with Crippen LogP contribution in [0.4, 0.5) is 0 Å². The lowest BCUT2D eigenvalue weighted by molar-refractivity contribution is 0.792. The molecule has 0 aliphatic heterocycles. The van der Waals surface area contributed by atoms with Crippen LogP contribution in [-0.4, -0.2) is 5.25 Å². The van der Waals surface area contributed by atoms with Crippen LogP contribution in [0.5, 0.6) is 0 Å². The highest BCUT2D eigenvalue weighted by molar-refractivity contribution is 8.00. The summed E-state index contributed by atoms with van der Waals surface area (Å²) >= 11 is 2.04. The van der Waals surface area contributed by atoms with Gasteiger partial charge in [-0.25, -0.2) is 0 Å². The standard InChI is InChI=1S/C17H18S/c1-13-8-6-7-11-15(13)18-16-12-17(16,2)14-9-4-3-5-10-14/h3-11,16H,12H2,1-2H3/t16-,17+/m0/s1. The fourth-order valence-electron chi connectivity index (χ4n) is 2.46. The molecule has 0 bridgehead atoms. The van der Waals surface area contributed by atoms with Gasteiger partial charge in [0.25, 0.3) is 0 Å². The molecule has 92 valence electrons. The first-order valence-corrected chi connectivity index (χ1v) is 7.36. The second kappa shape index (κ2) is 4.47. The van der Waals surface area contributed by atoms with Crippen molar-refractivity contribution in [3.63, 3.8) is 0 Å². The first kappa shape index (κ1) is 11.9. The predicted molar refractivity (Wildman–Crippen MR) is 79.2 cm³/mol. The van der Waals surface area contributed by atoms with Crippen LogP contribution in [0.1, 0.15) is 24.5 Å². The van der Waals surface area contributed by atoms with Crippen molar-refractivity contribution >= 4 is 11.8 Å². The van der Waals surface area contributed by atoms with Gasteiger partial charge in [-0.2, -0.15) is 0 Å². The number of benzene rings is 2. The highest BCUT2D eigenvalue weighted by atomic mass is 32.2. The first-order chi connectivity index (χ1) is 8.70. The average Bonchev–Trinajstić information content (AvgIpc) is 3.06. The Labute approximate surface area is 113 Å². The van der Waals surface area contributed by atoms with Gasteiger partial charge in [-0.15, -0.1) is 11.8 Å². The molecule has 1 aliphatic carbocycles. The van der Waals surface area contributed by atoms with Crippen molar-refractivity contribution in [1.29, 1.82) is 0 Å². The van der Waals surface area contributed by atoms with E-state index in [4.69, 9.17) is 0 Å². The Morgan fingerprint density at radius 3 is 2.39 bits per heavy atom. The maximum atomic E-state index is 2.39. The summed E-state index contributed by atoms with van der Waals surface area (Å²) in [4.78, 5) is 1.43. The summed E-state index contributed by atoms with van der Waals surface area (Å²) in [6.45, 7) is 4.59. The van der Waals surface area contributed by atoms with Crippen molar-refractivity contribution in [2.45, 2.75) is 35.8 Å². The lowest BCUT2D eigenvalue weighted by atomic mass is 9.99. The van der Waals surface area contributed by atoms with Gasteiger partial charge in [0.15, 0.2) is 0 Å². The quantitative estimate of drug-likeness (QED) is 0.757. The molecule has 1 fully saturated rings. The van der Waals surface area contributed by atoms with Gasteiger partial charge < -0.3 is 0 Å². The molecular weight excluding hydrogens is 236 g/mol. The van der Waals surface area contributed by atoms with Crippen molar-refractivity contribution in [3.8, 4) is 0 Å². The lowest BCUT2D eigenvalue weighted by Gasteiger charge is -2.12. The maximum Gasteiger partial charge on any atom is 0.0198 e. The zero-order chi connectivity index (χ0) is 12.6. The SMILES string of the molecule is Cc1ccccc1S[C@H]1C[C@]1(C)c1ccccc1.